The zero-order chi connectivity index (χ0) is 24.8. The number of esters is 1. The number of pyridine rings is 1. The molecule has 1 aromatic heterocycles. The Hall–Kier alpha value is -4.10. The van der Waals surface area contributed by atoms with Gasteiger partial charge in [-0.2, -0.15) is 0 Å². The molecule has 7 heteroatoms. The van der Waals surface area contributed by atoms with Gasteiger partial charge >= 0.3 is 5.97 Å². The molecule has 0 saturated carbocycles. The molecule has 1 unspecified atom stereocenters. The number of allylic oxidation sites excluding steroid dienone is 2. The lowest BCUT2D eigenvalue weighted by molar-refractivity contribution is -0.140. The molecule has 1 aliphatic rings. The number of ether oxygens (including phenoxy) is 1. The summed E-state index contributed by atoms with van der Waals surface area (Å²) in [6, 6.07) is 14.9. The average Bonchev–Trinajstić information content (AvgIpc) is 3.03. The van der Waals surface area contributed by atoms with E-state index in [1.165, 1.54) is 0 Å². The Labute approximate surface area is 204 Å². The Balaban J connectivity index is 1.39. The second-order valence-corrected chi connectivity index (χ2v) is 8.49. The van der Waals surface area contributed by atoms with E-state index in [9.17, 15) is 9.59 Å². The van der Waals surface area contributed by atoms with Gasteiger partial charge < -0.3 is 15.8 Å². The van der Waals surface area contributed by atoms with E-state index in [2.05, 4.69) is 15.3 Å². The van der Waals surface area contributed by atoms with Crippen LogP contribution >= 0.6 is 0 Å². The number of amides is 1. The summed E-state index contributed by atoms with van der Waals surface area (Å²) in [5.74, 6) is -1.10. The minimum Gasteiger partial charge on any atom is -0.457 e. The summed E-state index contributed by atoms with van der Waals surface area (Å²) in [6.07, 6.45) is 7.88. The van der Waals surface area contributed by atoms with Crippen molar-refractivity contribution in [3.8, 4) is 0 Å². The minimum absolute atomic E-state index is 0.123. The molecule has 0 aliphatic carbocycles. The van der Waals surface area contributed by atoms with E-state index in [-0.39, 0.29) is 19.1 Å². The van der Waals surface area contributed by atoms with Gasteiger partial charge in [0.15, 0.2) is 0 Å². The number of carbonyl (C=O) groups is 2. The maximum absolute atomic E-state index is 12.9. The van der Waals surface area contributed by atoms with Crippen molar-refractivity contribution in [3.63, 3.8) is 0 Å². The summed E-state index contributed by atoms with van der Waals surface area (Å²) in [5, 5.41) is 4.95. The number of benzene rings is 2. The predicted octanol–water partition coefficient (Wildman–Crippen LogP) is 4.65. The predicted molar refractivity (Wildman–Crippen MR) is 138 cm³/mol. The lowest BCUT2D eigenvalue weighted by Crippen LogP contribution is -2.27. The number of nitrogens with zero attached hydrogens (tertiary/aromatic N) is 2. The highest BCUT2D eigenvalue weighted by Gasteiger charge is 2.20. The largest absolute Gasteiger partial charge is 0.457 e. The molecule has 0 fully saturated rings. The number of fused-ring (bicyclic) bond motifs is 1. The smallest absolute Gasteiger partial charge is 0.340 e. The first-order valence-corrected chi connectivity index (χ1v) is 11.5. The number of carbonyl (C=O) groups excluding carboxylic acids is 2. The van der Waals surface area contributed by atoms with E-state index in [0.717, 1.165) is 27.6 Å². The number of rotatable bonds is 7. The minimum atomic E-state index is -0.509. The first kappa shape index (κ1) is 24.0. The number of aromatic nitrogens is 1. The van der Waals surface area contributed by atoms with Crippen LogP contribution in [-0.4, -0.2) is 29.1 Å². The molecule has 0 bridgehead atoms. The third-order valence-electron chi connectivity index (χ3n) is 5.88. The van der Waals surface area contributed by atoms with Gasteiger partial charge in [-0.25, -0.2) is 4.79 Å². The van der Waals surface area contributed by atoms with Crippen molar-refractivity contribution in [2.24, 2.45) is 10.7 Å². The van der Waals surface area contributed by atoms with Crippen LogP contribution in [0.2, 0.25) is 0 Å². The van der Waals surface area contributed by atoms with Gasteiger partial charge in [-0.1, -0.05) is 36.4 Å². The normalized spacial score (nSPS) is 14.3. The molecule has 2 aromatic carbocycles. The highest BCUT2D eigenvalue weighted by Crippen LogP contribution is 2.22. The number of anilines is 1. The molecule has 178 valence electrons. The summed E-state index contributed by atoms with van der Waals surface area (Å²) in [6.45, 7) is 4.02. The van der Waals surface area contributed by atoms with Gasteiger partial charge in [-0.05, 0) is 54.6 Å². The summed E-state index contributed by atoms with van der Waals surface area (Å²) in [4.78, 5) is 34.0. The zero-order valence-corrected chi connectivity index (χ0v) is 19.8. The Morgan fingerprint density at radius 3 is 2.66 bits per heavy atom. The first-order valence-electron chi connectivity index (χ1n) is 11.5. The van der Waals surface area contributed by atoms with Crippen molar-refractivity contribution < 1.29 is 14.3 Å². The topological polar surface area (TPSA) is 107 Å². The SMILES string of the molecule is CC1=NC(C)=C(C(=O)OCc2ccc(C(CN)C(=O)Nc3ccc4cnccc4c3)cc2)C=CC1. The third-order valence-corrected chi connectivity index (χ3v) is 5.88. The van der Waals surface area contributed by atoms with Crippen molar-refractivity contribution in [1.82, 2.24) is 4.98 Å². The van der Waals surface area contributed by atoms with Gasteiger partial charge in [0, 0.05) is 42.1 Å². The number of nitrogens with one attached hydrogen (secondary N) is 1. The van der Waals surface area contributed by atoms with Gasteiger partial charge in [0.05, 0.1) is 17.2 Å². The number of nitrogens with two attached hydrogens (primary N) is 1. The molecule has 7 nitrogen and oxygen atoms in total. The second-order valence-electron chi connectivity index (χ2n) is 8.49. The van der Waals surface area contributed by atoms with Crippen LogP contribution in [0.15, 0.2) is 89.3 Å². The fourth-order valence-electron chi connectivity index (χ4n) is 3.93. The first-order chi connectivity index (χ1) is 16.9. The summed E-state index contributed by atoms with van der Waals surface area (Å²) >= 11 is 0. The van der Waals surface area contributed by atoms with Crippen molar-refractivity contribution in [2.45, 2.75) is 32.8 Å². The van der Waals surface area contributed by atoms with Gasteiger partial charge in [0.2, 0.25) is 5.91 Å². The lowest BCUT2D eigenvalue weighted by atomic mass is 9.97. The molecule has 35 heavy (non-hydrogen) atoms. The molecule has 2 heterocycles. The Morgan fingerprint density at radius 1 is 1.09 bits per heavy atom. The third kappa shape index (κ3) is 5.88. The maximum atomic E-state index is 12.9. The summed E-state index contributed by atoms with van der Waals surface area (Å²) < 4.78 is 5.49. The van der Waals surface area contributed by atoms with E-state index in [1.54, 1.807) is 25.4 Å². The van der Waals surface area contributed by atoms with Gasteiger partial charge in [-0.15, -0.1) is 0 Å². The molecule has 0 spiro atoms. The lowest BCUT2D eigenvalue weighted by Gasteiger charge is -2.16. The molecule has 3 aromatic rings. The van der Waals surface area contributed by atoms with Crippen LogP contribution in [0.25, 0.3) is 10.8 Å². The highest BCUT2D eigenvalue weighted by molar-refractivity contribution is 5.98. The van der Waals surface area contributed by atoms with Crippen LogP contribution in [0.4, 0.5) is 5.69 Å². The second kappa shape index (κ2) is 10.9. The molecule has 0 radical (unpaired) electrons. The van der Waals surface area contributed by atoms with Crippen molar-refractivity contribution in [2.75, 3.05) is 11.9 Å². The summed E-state index contributed by atoms with van der Waals surface area (Å²) in [5.41, 5.74) is 10.3. The quantitative estimate of drug-likeness (QED) is 0.491. The number of hydrogen-bond donors (Lipinski definition) is 2. The van der Waals surface area contributed by atoms with E-state index in [0.29, 0.717) is 23.4 Å². The van der Waals surface area contributed by atoms with Crippen molar-refractivity contribution in [1.29, 1.82) is 0 Å². The summed E-state index contributed by atoms with van der Waals surface area (Å²) in [7, 11) is 0. The van der Waals surface area contributed by atoms with E-state index < -0.39 is 11.9 Å². The van der Waals surface area contributed by atoms with Gasteiger partial charge in [0.25, 0.3) is 0 Å². The van der Waals surface area contributed by atoms with Crippen LogP contribution < -0.4 is 11.1 Å². The van der Waals surface area contributed by atoms with Crippen LogP contribution in [0.3, 0.4) is 0 Å². The Bertz CT molecular complexity index is 1340. The standard InChI is InChI=1S/C28H28N4O3/c1-18-4-3-5-25(19(2)31-18)28(34)35-17-20-6-8-21(9-7-20)26(15-29)27(33)32-24-11-10-23-16-30-13-12-22(23)14-24/h3,5-14,16,26H,4,15,17,29H2,1-2H3,(H,32,33). The molecule has 0 saturated heterocycles. The molecule has 1 amide bonds. The highest BCUT2D eigenvalue weighted by atomic mass is 16.5. The average molecular weight is 469 g/mol. The monoisotopic (exact) mass is 468 g/mol. The molecular formula is C28H28N4O3. The van der Waals surface area contributed by atoms with Gasteiger partial charge in [-0.3, -0.25) is 14.8 Å². The molecular weight excluding hydrogens is 440 g/mol. The fourth-order valence-corrected chi connectivity index (χ4v) is 3.93. The van der Waals surface area contributed by atoms with Crippen molar-refractivity contribution in [3.05, 3.63) is 95.5 Å². The van der Waals surface area contributed by atoms with E-state index >= 15 is 0 Å². The zero-order valence-electron chi connectivity index (χ0n) is 19.8. The Morgan fingerprint density at radius 2 is 1.89 bits per heavy atom. The molecule has 1 aliphatic heterocycles. The fraction of sp³-hybridized carbons (Fsp3) is 0.214. The van der Waals surface area contributed by atoms with Gasteiger partial charge in [0.1, 0.15) is 6.61 Å². The molecule has 1 atom stereocenters. The number of aliphatic imine (C=N–C) groups is 1. The van der Waals surface area contributed by atoms with Crippen molar-refractivity contribution >= 4 is 34.0 Å². The van der Waals surface area contributed by atoms with E-state index in [1.807, 2.05) is 61.5 Å². The van der Waals surface area contributed by atoms with E-state index in [4.69, 9.17) is 10.5 Å². The maximum Gasteiger partial charge on any atom is 0.340 e. The van der Waals surface area contributed by atoms with Crippen LogP contribution in [-0.2, 0) is 20.9 Å². The van der Waals surface area contributed by atoms with Crippen LogP contribution in [0, 0.1) is 0 Å². The van der Waals surface area contributed by atoms with Crippen LogP contribution in [0.1, 0.15) is 37.3 Å². The number of hydrogen-bond acceptors (Lipinski definition) is 6. The molecule has 4 rings (SSSR count). The van der Waals surface area contributed by atoms with Crippen LogP contribution in [0.5, 0.6) is 0 Å². The molecule has 3 N–H and O–H groups in total. The Kier molecular flexibility index (Phi) is 7.48.